The van der Waals surface area contributed by atoms with Gasteiger partial charge >= 0.3 is 12.8 Å². The maximum absolute atomic E-state index is 13.8. The van der Waals surface area contributed by atoms with Crippen LogP contribution >= 0.6 is 0 Å². The van der Waals surface area contributed by atoms with E-state index in [-0.39, 0.29) is 30.1 Å². The first kappa shape index (κ1) is 30.5. The molecular formula is C29H28F5N3O5. The fraction of sp³-hybridized carbons (Fsp3) is 0.345. The Morgan fingerprint density at radius 2 is 1.67 bits per heavy atom. The summed E-state index contributed by atoms with van der Waals surface area (Å²) >= 11 is 0. The number of aryl methyl sites for hydroxylation is 2. The van der Waals surface area contributed by atoms with Gasteiger partial charge in [0, 0.05) is 37.3 Å². The number of halogens is 5. The van der Waals surface area contributed by atoms with E-state index in [2.05, 4.69) is 10.1 Å². The summed E-state index contributed by atoms with van der Waals surface area (Å²) in [7, 11) is 1.50. The largest absolute Gasteiger partial charge is 0.497 e. The molecule has 2 aromatic carbocycles. The molecule has 2 atom stereocenters. The second kappa shape index (κ2) is 12.6. The third-order valence-electron chi connectivity index (χ3n) is 7.06. The van der Waals surface area contributed by atoms with Crippen LogP contribution in [-0.2, 0) is 11.3 Å². The van der Waals surface area contributed by atoms with Crippen molar-refractivity contribution in [3.8, 4) is 11.5 Å². The number of pyridine rings is 1. The number of methoxy groups -OCH3 is 1. The Balaban J connectivity index is 1.61. The summed E-state index contributed by atoms with van der Waals surface area (Å²) in [6.45, 7) is -2.10. The number of aromatic nitrogens is 1. The van der Waals surface area contributed by atoms with Crippen LogP contribution < -0.4 is 25.2 Å². The van der Waals surface area contributed by atoms with Gasteiger partial charge in [-0.1, -0.05) is 12.1 Å². The van der Waals surface area contributed by atoms with E-state index in [9.17, 15) is 36.3 Å². The van der Waals surface area contributed by atoms with Crippen LogP contribution in [0.5, 0.6) is 11.5 Å². The predicted molar refractivity (Wildman–Crippen MR) is 143 cm³/mol. The molecule has 3 aromatic rings. The van der Waals surface area contributed by atoms with Crippen LogP contribution in [0.3, 0.4) is 0 Å². The van der Waals surface area contributed by atoms with E-state index in [1.54, 1.807) is 31.2 Å². The summed E-state index contributed by atoms with van der Waals surface area (Å²) in [5.74, 6) is -1.91. The predicted octanol–water partition coefficient (Wildman–Crippen LogP) is 4.90. The lowest BCUT2D eigenvalue weighted by molar-refractivity contribution is -0.136. The lowest BCUT2D eigenvalue weighted by atomic mass is 9.88. The normalized spacial score (nSPS) is 17.0. The fourth-order valence-corrected chi connectivity index (χ4v) is 4.90. The molecule has 1 fully saturated rings. The Morgan fingerprint density at radius 3 is 2.26 bits per heavy atom. The maximum atomic E-state index is 13.8. The fourth-order valence-electron chi connectivity index (χ4n) is 4.90. The minimum Gasteiger partial charge on any atom is -0.497 e. The third kappa shape index (κ3) is 7.07. The molecule has 224 valence electrons. The lowest BCUT2D eigenvalue weighted by Gasteiger charge is -2.20. The first-order chi connectivity index (χ1) is 19.9. The smallest absolute Gasteiger partial charge is 0.390 e. The average molecular weight is 594 g/mol. The standard InChI is InChI=1S/C29H28F5N3O5/c1-17-11-13-36(14-12-29(32,33)34)27(40)24(17)37-16-23(18-3-7-20(41-2)8-4-18)22(26(37)39)15-35-25(38)19-5-9-21(10-6-19)42-28(30)31/h3-11,13,22-23,28H,12,14-16H2,1-2H3,(H,35,38)/t22?,23-/m0/s1. The number of anilines is 1. The lowest BCUT2D eigenvalue weighted by Crippen LogP contribution is -2.38. The van der Waals surface area contributed by atoms with Crippen LogP contribution in [0.25, 0.3) is 0 Å². The quantitative estimate of drug-likeness (QED) is 0.338. The van der Waals surface area contributed by atoms with Gasteiger partial charge in [-0.2, -0.15) is 22.0 Å². The first-order valence-corrected chi connectivity index (χ1v) is 12.9. The van der Waals surface area contributed by atoms with Crippen molar-refractivity contribution in [3.63, 3.8) is 0 Å². The van der Waals surface area contributed by atoms with Gasteiger partial charge in [0.15, 0.2) is 0 Å². The molecule has 0 radical (unpaired) electrons. The van der Waals surface area contributed by atoms with Gasteiger partial charge in [0.25, 0.3) is 11.5 Å². The highest BCUT2D eigenvalue weighted by Crippen LogP contribution is 2.37. The van der Waals surface area contributed by atoms with Crippen LogP contribution in [0.4, 0.5) is 27.6 Å². The minimum absolute atomic E-state index is 0.0216. The highest BCUT2D eigenvalue weighted by molar-refractivity contribution is 6.00. The summed E-state index contributed by atoms with van der Waals surface area (Å²) < 4.78 is 73.8. The molecule has 0 saturated carbocycles. The Labute approximate surface area is 237 Å². The zero-order valence-corrected chi connectivity index (χ0v) is 22.7. The van der Waals surface area contributed by atoms with Crippen molar-refractivity contribution in [2.45, 2.75) is 38.6 Å². The average Bonchev–Trinajstić information content (AvgIpc) is 3.26. The molecule has 1 aliphatic heterocycles. The van der Waals surface area contributed by atoms with Crippen molar-refractivity contribution in [1.82, 2.24) is 9.88 Å². The number of carbonyl (C=O) groups excluding carboxylic acids is 2. The Morgan fingerprint density at radius 1 is 1.02 bits per heavy atom. The van der Waals surface area contributed by atoms with Crippen molar-refractivity contribution in [3.05, 3.63) is 87.8 Å². The van der Waals surface area contributed by atoms with Gasteiger partial charge in [-0.15, -0.1) is 0 Å². The Hall–Kier alpha value is -4.42. The molecule has 8 nitrogen and oxygen atoms in total. The van der Waals surface area contributed by atoms with Gasteiger partial charge in [0.05, 0.1) is 19.4 Å². The zero-order valence-electron chi connectivity index (χ0n) is 22.7. The first-order valence-electron chi connectivity index (χ1n) is 12.9. The molecule has 0 aliphatic carbocycles. The number of hydrogen-bond acceptors (Lipinski definition) is 5. The Kier molecular flexibility index (Phi) is 9.17. The van der Waals surface area contributed by atoms with E-state index in [1.165, 1.54) is 48.5 Å². The van der Waals surface area contributed by atoms with Gasteiger partial charge in [-0.25, -0.2) is 0 Å². The summed E-state index contributed by atoms with van der Waals surface area (Å²) in [5.41, 5.74) is 0.543. The molecule has 1 aromatic heterocycles. The summed E-state index contributed by atoms with van der Waals surface area (Å²) in [6.07, 6.45) is -4.40. The minimum atomic E-state index is -4.47. The number of rotatable bonds is 10. The number of ether oxygens (including phenoxy) is 2. The van der Waals surface area contributed by atoms with Gasteiger partial charge in [0.1, 0.15) is 17.2 Å². The maximum Gasteiger partial charge on any atom is 0.390 e. The number of nitrogens with zero attached hydrogens (tertiary/aromatic N) is 2. The number of amides is 2. The van der Waals surface area contributed by atoms with Crippen molar-refractivity contribution in [2.75, 3.05) is 25.1 Å². The number of carbonyl (C=O) groups is 2. The van der Waals surface area contributed by atoms with E-state index in [0.717, 1.165) is 10.1 Å². The monoisotopic (exact) mass is 593 g/mol. The van der Waals surface area contributed by atoms with Crippen LogP contribution in [0.2, 0.25) is 0 Å². The van der Waals surface area contributed by atoms with Crippen molar-refractivity contribution in [1.29, 1.82) is 0 Å². The van der Waals surface area contributed by atoms with Crippen molar-refractivity contribution >= 4 is 17.5 Å². The molecule has 2 amide bonds. The van der Waals surface area contributed by atoms with Crippen LogP contribution in [0, 0.1) is 12.8 Å². The molecule has 1 saturated heterocycles. The van der Waals surface area contributed by atoms with Gasteiger partial charge < -0.3 is 24.3 Å². The van der Waals surface area contributed by atoms with Crippen molar-refractivity contribution in [2.24, 2.45) is 5.92 Å². The molecule has 1 N–H and O–H groups in total. The van der Waals surface area contributed by atoms with Crippen molar-refractivity contribution < 1.29 is 41.0 Å². The molecule has 13 heteroatoms. The van der Waals surface area contributed by atoms with E-state index in [0.29, 0.717) is 11.3 Å². The summed E-state index contributed by atoms with van der Waals surface area (Å²) in [6, 6.07) is 13.4. The topological polar surface area (TPSA) is 89.9 Å². The van der Waals surface area contributed by atoms with Gasteiger partial charge in [-0.3, -0.25) is 14.4 Å². The van der Waals surface area contributed by atoms with E-state index < -0.39 is 55.0 Å². The van der Waals surface area contributed by atoms with E-state index in [4.69, 9.17) is 4.74 Å². The summed E-state index contributed by atoms with van der Waals surface area (Å²) in [4.78, 5) is 41.2. The van der Waals surface area contributed by atoms with Gasteiger partial charge in [0.2, 0.25) is 5.91 Å². The van der Waals surface area contributed by atoms with Gasteiger partial charge in [-0.05, 0) is 60.5 Å². The highest BCUT2D eigenvalue weighted by Gasteiger charge is 2.43. The third-order valence-corrected chi connectivity index (χ3v) is 7.06. The molecule has 2 heterocycles. The number of benzene rings is 2. The molecule has 1 unspecified atom stereocenters. The zero-order chi connectivity index (χ0) is 30.6. The van der Waals surface area contributed by atoms with E-state index >= 15 is 0 Å². The second-order valence-electron chi connectivity index (χ2n) is 9.76. The Bertz CT molecular complexity index is 1470. The molecular weight excluding hydrogens is 565 g/mol. The van der Waals surface area contributed by atoms with Crippen LogP contribution in [0.15, 0.2) is 65.6 Å². The summed E-state index contributed by atoms with van der Waals surface area (Å²) in [5, 5.41) is 2.69. The molecule has 42 heavy (non-hydrogen) atoms. The molecule has 0 bridgehead atoms. The number of hydrogen-bond donors (Lipinski definition) is 1. The molecule has 1 aliphatic rings. The molecule has 0 spiro atoms. The number of nitrogens with one attached hydrogen (secondary N) is 1. The van der Waals surface area contributed by atoms with Crippen LogP contribution in [-0.4, -0.2) is 49.4 Å². The van der Waals surface area contributed by atoms with E-state index in [1.807, 2.05) is 0 Å². The number of alkyl halides is 5. The molecule has 4 rings (SSSR count). The second-order valence-corrected chi connectivity index (χ2v) is 9.76. The highest BCUT2D eigenvalue weighted by atomic mass is 19.4. The SMILES string of the molecule is COc1ccc([C@@H]2CN(c3c(C)ccn(CCC(F)(F)F)c3=O)C(=O)C2CNC(=O)c2ccc(OC(F)F)cc2)cc1. The van der Waals surface area contributed by atoms with Crippen LogP contribution in [0.1, 0.15) is 33.8 Å².